The average molecular weight is 323 g/mol. The molecule has 0 aromatic heterocycles. The molecule has 1 saturated heterocycles. The van der Waals surface area contributed by atoms with Gasteiger partial charge >= 0.3 is 6.09 Å². The monoisotopic (exact) mass is 323 g/mol. The van der Waals surface area contributed by atoms with Crippen molar-refractivity contribution < 1.29 is 24.1 Å². The van der Waals surface area contributed by atoms with Crippen molar-refractivity contribution in [2.45, 2.75) is 44.9 Å². The van der Waals surface area contributed by atoms with Crippen LogP contribution in [0.1, 0.15) is 27.2 Å². The molecule has 1 N–H and O–H groups in total. The molecule has 1 aromatic carbocycles. The van der Waals surface area contributed by atoms with Crippen molar-refractivity contribution in [1.29, 1.82) is 0 Å². The summed E-state index contributed by atoms with van der Waals surface area (Å²) >= 11 is 0. The van der Waals surface area contributed by atoms with Crippen molar-refractivity contribution >= 4 is 6.09 Å². The number of para-hydroxylation sites is 2. The molecule has 2 rings (SSSR count). The largest absolute Gasteiger partial charge is 0.493 e. The number of hydrogen-bond donors (Lipinski definition) is 1. The highest BCUT2D eigenvalue weighted by Gasteiger charge is 2.37. The molecule has 6 nitrogen and oxygen atoms in total. The van der Waals surface area contributed by atoms with Crippen LogP contribution in [0.4, 0.5) is 4.79 Å². The zero-order valence-corrected chi connectivity index (χ0v) is 14.1. The smallest absolute Gasteiger partial charge is 0.410 e. The summed E-state index contributed by atoms with van der Waals surface area (Å²) in [6.45, 7) is 5.98. The zero-order chi connectivity index (χ0) is 17.0. The first-order valence-corrected chi connectivity index (χ1v) is 7.73. The molecule has 1 fully saturated rings. The molecule has 0 radical (unpaired) electrons. The molecule has 1 aliphatic rings. The van der Waals surface area contributed by atoms with Crippen LogP contribution in [0.3, 0.4) is 0 Å². The standard InChI is InChI=1S/C17H25NO5/c1-17(2,3)23-16(20)18-10-13(19)9-12(18)11-22-15-8-6-5-7-14(15)21-4/h5-8,12-13,19H,9-11H2,1-4H3. The Morgan fingerprint density at radius 2 is 1.96 bits per heavy atom. The van der Waals surface area contributed by atoms with Gasteiger partial charge in [0, 0.05) is 0 Å². The van der Waals surface area contributed by atoms with Crippen LogP contribution < -0.4 is 9.47 Å². The van der Waals surface area contributed by atoms with E-state index in [0.29, 0.717) is 17.9 Å². The van der Waals surface area contributed by atoms with E-state index in [1.54, 1.807) is 7.11 Å². The van der Waals surface area contributed by atoms with Crippen LogP contribution in [0, 0.1) is 0 Å². The predicted molar refractivity (Wildman–Crippen MR) is 85.8 cm³/mol. The number of likely N-dealkylation sites (tertiary alicyclic amines) is 1. The van der Waals surface area contributed by atoms with Crippen LogP contribution in [0.2, 0.25) is 0 Å². The number of nitrogens with zero attached hydrogens (tertiary/aromatic N) is 1. The molecule has 1 aliphatic heterocycles. The van der Waals surface area contributed by atoms with Crippen LogP contribution in [-0.4, -0.2) is 54.1 Å². The summed E-state index contributed by atoms with van der Waals surface area (Å²) in [6, 6.07) is 7.10. The zero-order valence-electron chi connectivity index (χ0n) is 14.1. The average Bonchev–Trinajstić information content (AvgIpc) is 2.85. The van der Waals surface area contributed by atoms with Crippen LogP contribution in [0.15, 0.2) is 24.3 Å². The molecular formula is C17H25NO5. The maximum absolute atomic E-state index is 12.3. The van der Waals surface area contributed by atoms with Gasteiger partial charge < -0.3 is 19.3 Å². The van der Waals surface area contributed by atoms with Gasteiger partial charge in [-0.2, -0.15) is 0 Å². The van der Waals surface area contributed by atoms with Crippen molar-refractivity contribution in [2.75, 3.05) is 20.3 Å². The van der Waals surface area contributed by atoms with Crippen molar-refractivity contribution in [3.8, 4) is 11.5 Å². The van der Waals surface area contributed by atoms with Gasteiger partial charge in [-0.25, -0.2) is 4.79 Å². The molecule has 0 saturated carbocycles. The number of rotatable bonds is 4. The first-order valence-electron chi connectivity index (χ1n) is 7.73. The molecule has 6 heteroatoms. The summed E-state index contributed by atoms with van der Waals surface area (Å²) in [6.07, 6.45) is -0.523. The van der Waals surface area contributed by atoms with Gasteiger partial charge in [-0.05, 0) is 39.3 Å². The van der Waals surface area contributed by atoms with Crippen molar-refractivity contribution in [2.24, 2.45) is 0 Å². The number of β-amino-alcohol motifs (C(OH)–C–C–N with tert-alkyl or cyclic N) is 1. The van der Waals surface area contributed by atoms with Crippen LogP contribution in [0.25, 0.3) is 0 Å². The third kappa shape index (κ3) is 4.76. The third-order valence-electron chi connectivity index (χ3n) is 3.52. The van der Waals surface area contributed by atoms with E-state index in [9.17, 15) is 9.90 Å². The number of carbonyl (C=O) groups excluding carboxylic acids is 1. The van der Waals surface area contributed by atoms with E-state index in [1.807, 2.05) is 45.0 Å². The van der Waals surface area contributed by atoms with E-state index in [-0.39, 0.29) is 19.2 Å². The maximum atomic E-state index is 12.3. The molecule has 0 aliphatic carbocycles. The van der Waals surface area contributed by atoms with Gasteiger partial charge in [0.1, 0.15) is 12.2 Å². The predicted octanol–water partition coefficient (Wildman–Crippen LogP) is 2.44. The topological polar surface area (TPSA) is 68.2 Å². The first kappa shape index (κ1) is 17.4. The van der Waals surface area contributed by atoms with Gasteiger partial charge in [0.05, 0.1) is 25.8 Å². The van der Waals surface area contributed by atoms with Crippen molar-refractivity contribution in [3.63, 3.8) is 0 Å². The summed E-state index contributed by atoms with van der Waals surface area (Å²) < 4.78 is 16.4. The Bertz CT molecular complexity index is 540. The number of aliphatic hydroxyl groups is 1. The Morgan fingerprint density at radius 3 is 2.57 bits per heavy atom. The lowest BCUT2D eigenvalue weighted by atomic mass is 10.2. The highest BCUT2D eigenvalue weighted by atomic mass is 16.6. The minimum atomic E-state index is -0.571. The van der Waals surface area contributed by atoms with Gasteiger partial charge in [0.15, 0.2) is 11.5 Å². The molecule has 23 heavy (non-hydrogen) atoms. The number of hydrogen-bond acceptors (Lipinski definition) is 5. The Labute approximate surface area is 136 Å². The lowest BCUT2D eigenvalue weighted by Crippen LogP contribution is -2.42. The first-order chi connectivity index (χ1) is 10.8. The number of ether oxygens (including phenoxy) is 3. The fourth-order valence-corrected chi connectivity index (χ4v) is 2.52. The summed E-state index contributed by atoms with van der Waals surface area (Å²) in [5, 5.41) is 9.89. The fraction of sp³-hybridized carbons (Fsp3) is 0.588. The quantitative estimate of drug-likeness (QED) is 0.922. The number of amides is 1. The number of benzene rings is 1. The molecule has 0 bridgehead atoms. The number of methoxy groups -OCH3 is 1. The van der Waals surface area contributed by atoms with E-state index in [4.69, 9.17) is 14.2 Å². The number of aliphatic hydroxyl groups excluding tert-OH is 1. The number of carbonyl (C=O) groups is 1. The second-order valence-electron chi connectivity index (χ2n) is 6.64. The van der Waals surface area contributed by atoms with Crippen molar-refractivity contribution in [1.82, 2.24) is 4.90 Å². The fourth-order valence-electron chi connectivity index (χ4n) is 2.52. The van der Waals surface area contributed by atoms with Crippen LogP contribution >= 0.6 is 0 Å². The summed E-state index contributed by atoms with van der Waals surface area (Å²) in [7, 11) is 1.58. The van der Waals surface area contributed by atoms with E-state index >= 15 is 0 Å². The lowest BCUT2D eigenvalue weighted by molar-refractivity contribution is 0.0172. The SMILES string of the molecule is COc1ccccc1OCC1CC(O)CN1C(=O)OC(C)(C)C. The van der Waals surface area contributed by atoms with Gasteiger partial charge in [0.2, 0.25) is 0 Å². The van der Waals surface area contributed by atoms with Gasteiger partial charge in [0.25, 0.3) is 0 Å². The molecule has 128 valence electrons. The third-order valence-corrected chi connectivity index (χ3v) is 3.52. The van der Waals surface area contributed by atoms with Crippen LogP contribution in [0.5, 0.6) is 11.5 Å². The highest BCUT2D eigenvalue weighted by Crippen LogP contribution is 2.28. The molecule has 0 spiro atoms. The van der Waals surface area contributed by atoms with E-state index in [0.717, 1.165) is 0 Å². The minimum absolute atomic E-state index is 0.232. The molecular weight excluding hydrogens is 298 g/mol. The summed E-state index contributed by atoms with van der Waals surface area (Å²) in [5.74, 6) is 1.25. The molecule has 2 unspecified atom stereocenters. The minimum Gasteiger partial charge on any atom is -0.493 e. The van der Waals surface area contributed by atoms with Gasteiger partial charge in [-0.15, -0.1) is 0 Å². The Morgan fingerprint density at radius 1 is 1.30 bits per heavy atom. The Hall–Kier alpha value is -1.95. The molecule has 1 heterocycles. The van der Waals surface area contributed by atoms with E-state index in [1.165, 1.54) is 4.90 Å². The highest BCUT2D eigenvalue weighted by molar-refractivity contribution is 5.69. The molecule has 2 atom stereocenters. The second-order valence-corrected chi connectivity index (χ2v) is 6.64. The summed E-state index contributed by atoms with van der Waals surface area (Å²) in [4.78, 5) is 13.8. The molecule has 1 aromatic rings. The Kier molecular flexibility index (Phi) is 5.36. The van der Waals surface area contributed by atoms with Gasteiger partial charge in [-0.3, -0.25) is 4.90 Å². The van der Waals surface area contributed by atoms with E-state index in [2.05, 4.69) is 0 Å². The Balaban J connectivity index is 2.01. The maximum Gasteiger partial charge on any atom is 0.410 e. The summed E-state index contributed by atoms with van der Waals surface area (Å²) in [5.41, 5.74) is -0.571. The normalized spacial score (nSPS) is 21.2. The lowest BCUT2D eigenvalue weighted by Gasteiger charge is -2.28. The van der Waals surface area contributed by atoms with Crippen molar-refractivity contribution in [3.05, 3.63) is 24.3 Å². The van der Waals surface area contributed by atoms with Crippen LogP contribution in [-0.2, 0) is 4.74 Å². The van der Waals surface area contributed by atoms with Gasteiger partial charge in [-0.1, -0.05) is 12.1 Å². The second kappa shape index (κ2) is 7.08. The molecule has 1 amide bonds. The van der Waals surface area contributed by atoms with E-state index < -0.39 is 17.8 Å².